The number of carbonyl (C=O) groups is 2. The summed E-state index contributed by atoms with van der Waals surface area (Å²) in [5.74, 6) is 0.627. The Morgan fingerprint density at radius 1 is 1.02 bits per heavy atom. The van der Waals surface area contributed by atoms with Crippen molar-refractivity contribution in [2.75, 3.05) is 20.2 Å². The molecule has 9 heteroatoms. The summed E-state index contributed by atoms with van der Waals surface area (Å²) < 4.78 is 25.2. The van der Waals surface area contributed by atoms with Crippen LogP contribution < -0.4 is 5.32 Å². The summed E-state index contributed by atoms with van der Waals surface area (Å²) in [5, 5.41) is 14.9. The van der Waals surface area contributed by atoms with Crippen LogP contribution in [0.1, 0.15) is 99.3 Å². The third kappa shape index (κ3) is 5.23. The lowest BCUT2D eigenvalue weighted by Crippen LogP contribution is -2.79. The van der Waals surface area contributed by atoms with E-state index in [4.69, 9.17) is 18.9 Å². The molecule has 0 aromatic carbocycles. The maximum absolute atomic E-state index is 13.5. The van der Waals surface area contributed by atoms with Gasteiger partial charge in [0.05, 0.1) is 30.3 Å². The highest BCUT2D eigenvalue weighted by Gasteiger charge is 2.78. The molecular formula is C33H54N2O7. The Kier molecular flexibility index (Phi) is 7.82. The summed E-state index contributed by atoms with van der Waals surface area (Å²) in [6.45, 7) is 13.2. The summed E-state index contributed by atoms with van der Waals surface area (Å²) in [5.41, 5.74) is -1.97. The molecule has 1 spiro atoms. The minimum absolute atomic E-state index is 0.117. The Labute approximate surface area is 251 Å². The van der Waals surface area contributed by atoms with Crippen LogP contribution >= 0.6 is 0 Å². The van der Waals surface area contributed by atoms with E-state index in [0.29, 0.717) is 12.0 Å². The Morgan fingerprint density at radius 3 is 2.38 bits per heavy atom. The Balaban J connectivity index is 1.33. The molecule has 4 aliphatic carbocycles. The second-order valence-electron chi connectivity index (χ2n) is 16.2. The fraction of sp³-hybridized carbons (Fsp3) is 0.939. The zero-order valence-electron chi connectivity index (χ0n) is 26.8. The van der Waals surface area contributed by atoms with Crippen LogP contribution in [0.3, 0.4) is 0 Å². The number of likely N-dealkylation sites (tertiary alicyclic amines) is 1. The van der Waals surface area contributed by atoms with Crippen molar-refractivity contribution >= 4 is 11.9 Å². The Hall–Kier alpha value is -1.26. The highest BCUT2D eigenvalue weighted by Crippen LogP contribution is 2.70. The van der Waals surface area contributed by atoms with Crippen LogP contribution in [0.4, 0.5) is 0 Å². The molecule has 6 fully saturated rings. The van der Waals surface area contributed by atoms with Crippen molar-refractivity contribution in [2.45, 2.75) is 153 Å². The third-order valence-electron chi connectivity index (χ3n) is 11.2. The smallest absolute Gasteiger partial charge is 0.324 e. The number of piperidine rings is 1. The fourth-order valence-corrected chi connectivity index (χ4v) is 9.84. The highest BCUT2D eigenvalue weighted by atomic mass is 16.6. The molecule has 4 saturated carbocycles. The van der Waals surface area contributed by atoms with Crippen molar-refractivity contribution in [3.05, 3.63) is 0 Å². The largest absolute Gasteiger partial charge is 0.460 e. The molecule has 2 bridgehead atoms. The first-order chi connectivity index (χ1) is 19.7. The van der Waals surface area contributed by atoms with Gasteiger partial charge in [0.25, 0.3) is 0 Å². The standard InChI is InChI=1S/C33H54N2O7/c1-30(2,3)41-25(37)17-22(29(38)42-31(4,5)6)34-21-12-13-33(39-7)24-16-20-10-11-23(36)27-26(20)32(33,28(21)40-27)14-15-35(24)18-19-8-9-19/h19-24,26-28,34,36H,8-18H2,1-7H3/t20?,21?,22-,23?,24?,26?,27?,28-,32-,33+/m0/s1. The van der Waals surface area contributed by atoms with Crippen LogP contribution in [0, 0.1) is 23.2 Å². The van der Waals surface area contributed by atoms with Crippen molar-refractivity contribution < 1.29 is 33.6 Å². The summed E-state index contributed by atoms with van der Waals surface area (Å²) >= 11 is 0. The Morgan fingerprint density at radius 2 is 1.74 bits per heavy atom. The van der Waals surface area contributed by atoms with Crippen LogP contribution in [-0.2, 0) is 28.5 Å². The van der Waals surface area contributed by atoms with E-state index in [1.165, 1.54) is 12.8 Å². The molecule has 2 saturated heterocycles. The minimum Gasteiger partial charge on any atom is -0.460 e. The quantitative estimate of drug-likeness (QED) is 0.410. The molecule has 6 unspecified atom stereocenters. The number of aliphatic hydroxyl groups excluding tert-OH is 1. The lowest BCUT2D eigenvalue weighted by atomic mass is 9.42. The van der Waals surface area contributed by atoms with Crippen LogP contribution in [-0.4, -0.2) is 95.4 Å². The van der Waals surface area contributed by atoms with Gasteiger partial charge in [0.15, 0.2) is 0 Å². The summed E-state index contributed by atoms with van der Waals surface area (Å²) in [6, 6.07) is -0.709. The molecule has 0 radical (unpaired) electrons. The predicted molar refractivity (Wildman–Crippen MR) is 157 cm³/mol. The zero-order chi connectivity index (χ0) is 30.2. The number of nitrogens with one attached hydrogen (secondary N) is 1. The molecule has 6 rings (SSSR count). The number of ether oxygens (including phenoxy) is 4. The molecule has 0 aromatic heterocycles. The minimum atomic E-state index is -0.864. The predicted octanol–water partition coefficient (Wildman–Crippen LogP) is 3.59. The number of aliphatic hydroxyl groups is 1. The number of hydrogen-bond acceptors (Lipinski definition) is 9. The third-order valence-corrected chi connectivity index (χ3v) is 11.2. The zero-order valence-corrected chi connectivity index (χ0v) is 26.8. The van der Waals surface area contributed by atoms with Gasteiger partial charge >= 0.3 is 11.9 Å². The average molecular weight is 591 g/mol. The average Bonchev–Trinajstić information content (AvgIpc) is 3.62. The molecule has 6 aliphatic rings. The van der Waals surface area contributed by atoms with Crippen LogP contribution in [0.15, 0.2) is 0 Å². The summed E-state index contributed by atoms with van der Waals surface area (Å²) in [7, 11) is 1.89. The van der Waals surface area contributed by atoms with Crippen molar-refractivity contribution in [1.82, 2.24) is 10.2 Å². The molecule has 2 aliphatic heterocycles. The first-order valence-electron chi connectivity index (χ1n) is 16.5. The monoisotopic (exact) mass is 590 g/mol. The number of rotatable bonds is 8. The lowest BCUT2D eigenvalue weighted by Gasteiger charge is -2.70. The highest BCUT2D eigenvalue weighted by molar-refractivity contribution is 5.83. The van der Waals surface area contributed by atoms with Gasteiger partial charge in [0.1, 0.15) is 17.2 Å². The first-order valence-corrected chi connectivity index (χ1v) is 16.5. The lowest BCUT2D eigenvalue weighted by molar-refractivity contribution is -0.272. The number of methoxy groups -OCH3 is 1. The molecule has 2 heterocycles. The van der Waals surface area contributed by atoms with Crippen LogP contribution in [0.2, 0.25) is 0 Å². The normalized spacial score (nSPS) is 42.0. The fourth-order valence-electron chi connectivity index (χ4n) is 9.84. The topological polar surface area (TPSA) is 107 Å². The van der Waals surface area contributed by atoms with Gasteiger partial charge in [0.2, 0.25) is 0 Å². The van der Waals surface area contributed by atoms with Crippen molar-refractivity contribution in [3.8, 4) is 0 Å². The second kappa shape index (κ2) is 10.7. The molecule has 10 atom stereocenters. The SMILES string of the molecule is CO[C@]12CCC(N[C@@H](CC(=O)OC(C)(C)C)C(=O)OC(C)(C)C)[C@@H]3OC4C(O)CCC5CC1N(CC1CC1)CC[C@]32C54. The molecule has 9 nitrogen and oxygen atoms in total. The van der Waals surface area contributed by atoms with Gasteiger partial charge in [-0.2, -0.15) is 0 Å². The van der Waals surface area contributed by atoms with Crippen molar-refractivity contribution in [3.63, 3.8) is 0 Å². The van der Waals surface area contributed by atoms with E-state index in [9.17, 15) is 14.7 Å². The van der Waals surface area contributed by atoms with Gasteiger partial charge < -0.3 is 24.1 Å². The van der Waals surface area contributed by atoms with Gasteiger partial charge in [-0.1, -0.05) is 0 Å². The Bertz CT molecular complexity index is 1050. The van der Waals surface area contributed by atoms with E-state index in [1.807, 2.05) is 48.7 Å². The molecule has 0 amide bonds. The molecular weight excluding hydrogens is 536 g/mol. The van der Waals surface area contributed by atoms with E-state index in [0.717, 1.165) is 57.5 Å². The maximum atomic E-state index is 13.5. The molecule has 238 valence electrons. The van der Waals surface area contributed by atoms with E-state index in [2.05, 4.69) is 10.2 Å². The second-order valence-corrected chi connectivity index (χ2v) is 16.2. The first kappa shape index (κ1) is 30.8. The van der Waals surface area contributed by atoms with Crippen LogP contribution in [0.25, 0.3) is 0 Å². The molecule has 0 aromatic rings. The molecule has 42 heavy (non-hydrogen) atoms. The summed E-state index contributed by atoms with van der Waals surface area (Å²) in [4.78, 5) is 29.3. The van der Waals surface area contributed by atoms with Crippen LogP contribution in [0.5, 0.6) is 0 Å². The van der Waals surface area contributed by atoms with Gasteiger partial charge in [0, 0.05) is 37.1 Å². The summed E-state index contributed by atoms with van der Waals surface area (Å²) in [6.07, 6.45) is 7.04. The van der Waals surface area contributed by atoms with E-state index in [-0.39, 0.29) is 41.6 Å². The van der Waals surface area contributed by atoms with E-state index >= 15 is 0 Å². The molecule has 2 N–H and O–H groups in total. The van der Waals surface area contributed by atoms with Gasteiger partial charge in [-0.05, 0) is 111 Å². The van der Waals surface area contributed by atoms with E-state index < -0.39 is 35.3 Å². The number of hydrogen-bond donors (Lipinski definition) is 2. The van der Waals surface area contributed by atoms with E-state index in [1.54, 1.807) is 0 Å². The van der Waals surface area contributed by atoms with Gasteiger partial charge in [-0.15, -0.1) is 0 Å². The number of nitrogens with zero attached hydrogens (tertiary/aromatic N) is 1. The van der Waals surface area contributed by atoms with Gasteiger partial charge in [-0.25, -0.2) is 0 Å². The van der Waals surface area contributed by atoms with Crippen molar-refractivity contribution in [2.24, 2.45) is 23.2 Å². The maximum Gasteiger partial charge on any atom is 0.324 e. The number of esters is 2. The van der Waals surface area contributed by atoms with Crippen molar-refractivity contribution in [1.29, 1.82) is 0 Å². The number of carbonyl (C=O) groups excluding carboxylic acids is 2. The van der Waals surface area contributed by atoms with Gasteiger partial charge in [-0.3, -0.25) is 19.8 Å².